The average molecular weight is 318 g/mol. The van der Waals surface area contributed by atoms with Gasteiger partial charge in [0.15, 0.2) is 0 Å². The molecule has 0 radical (unpaired) electrons. The van der Waals surface area contributed by atoms with E-state index >= 15 is 0 Å². The van der Waals surface area contributed by atoms with Gasteiger partial charge in [-0.2, -0.15) is 0 Å². The smallest absolute Gasteiger partial charge is 0.323 e. The fraction of sp³-hybridized carbons (Fsp3) is 0.375. The first-order chi connectivity index (χ1) is 11.0. The van der Waals surface area contributed by atoms with Crippen molar-refractivity contribution in [2.45, 2.75) is 25.8 Å². The maximum absolute atomic E-state index is 13.9. The number of amides is 1. The molecule has 2 aromatic rings. The Labute approximate surface area is 132 Å². The third kappa shape index (κ3) is 3.28. The van der Waals surface area contributed by atoms with E-state index in [0.29, 0.717) is 17.9 Å². The number of para-hydroxylation sites is 1. The van der Waals surface area contributed by atoms with Gasteiger partial charge in [0.25, 0.3) is 5.91 Å². The zero-order valence-corrected chi connectivity index (χ0v) is 12.9. The minimum atomic E-state index is -0.399. The largest absolute Gasteiger partial charge is 0.367 e. The fourth-order valence-electron chi connectivity index (χ4n) is 2.98. The van der Waals surface area contributed by atoms with E-state index in [-0.39, 0.29) is 23.5 Å². The number of rotatable bonds is 3. The highest BCUT2D eigenvalue weighted by Gasteiger charge is 2.24. The van der Waals surface area contributed by atoms with Crippen LogP contribution in [0.1, 0.15) is 29.0 Å². The predicted molar refractivity (Wildman–Crippen MR) is 85.3 cm³/mol. The number of hydrogen-bond acceptors (Lipinski definition) is 3. The van der Waals surface area contributed by atoms with Crippen LogP contribution in [0.15, 0.2) is 29.1 Å². The quantitative estimate of drug-likeness (QED) is 0.803. The van der Waals surface area contributed by atoms with Crippen LogP contribution in [0.5, 0.6) is 0 Å². The van der Waals surface area contributed by atoms with E-state index < -0.39 is 5.69 Å². The maximum Gasteiger partial charge on any atom is 0.323 e. The van der Waals surface area contributed by atoms with Gasteiger partial charge in [-0.25, -0.2) is 9.18 Å². The predicted octanol–water partition coefficient (Wildman–Crippen LogP) is 1.55. The van der Waals surface area contributed by atoms with Crippen LogP contribution >= 0.6 is 0 Å². The van der Waals surface area contributed by atoms with Gasteiger partial charge in [-0.1, -0.05) is 12.1 Å². The van der Waals surface area contributed by atoms with Gasteiger partial charge < -0.3 is 20.2 Å². The summed E-state index contributed by atoms with van der Waals surface area (Å²) in [5, 5.41) is 2.92. The standard InChI is InChI=1S/C16H19FN4O2/c1-10-14(20-16(23)18-10)15(22)19-11-5-4-8-21(9-11)13-7-3-2-6-12(13)17/h2-3,6-7,11H,4-5,8-9H2,1H3,(H,19,22)(H2,18,20,23). The number of carbonyl (C=O) groups excluding carboxylic acids is 1. The minimum Gasteiger partial charge on any atom is -0.367 e. The molecule has 3 rings (SSSR count). The van der Waals surface area contributed by atoms with Crippen molar-refractivity contribution >= 4 is 11.6 Å². The molecule has 1 unspecified atom stereocenters. The fourth-order valence-corrected chi connectivity index (χ4v) is 2.98. The Kier molecular flexibility index (Phi) is 4.18. The van der Waals surface area contributed by atoms with Gasteiger partial charge in [0.2, 0.25) is 0 Å². The number of aryl methyl sites for hydroxylation is 1. The first-order valence-electron chi connectivity index (χ1n) is 7.64. The van der Waals surface area contributed by atoms with Gasteiger partial charge >= 0.3 is 5.69 Å². The van der Waals surface area contributed by atoms with Crippen molar-refractivity contribution in [2.24, 2.45) is 0 Å². The van der Waals surface area contributed by atoms with E-state index in [9.17, 15) is 14.0 Å². The molecule has 1 atom stereocenters. The van der Waals surface area contributed by atoms with Crippen molar-refractivity contribution in [2.75, 3.05) is 18.0 Å². The van der Waals surface area contributed by atoms with Crippen LogP contribution in [0.4, 0.5) is 10.1 Å². The molecule has 1 aromatic carbocycles. The first kappa shape index (κ1) is 15.3. The molecule has 23 heavy (non-hydrogen) atoms. The number of imidazole rings is 1. The molecular weight excluding hydrogens is 299 g/mol. The van der Waals surface area contributed by atoms with Crippen LogP contribution in [-0.2, 0) is 0 Å². The second-order valence-corrected chi connectivity index (χ2v) is 5.79. The summed E-state index contributed by atoms with van der Waals surface area (Å²) in [6.45, 7) is 2.97. The molecule has 0 saturated carbocycles. The lowest BCUT2D eigenvalue weighted by Crippen LogP contribution is -2.48. The summed E-state index contributed by atoms with van der Waals surface area (Å²) >= 11 is 0. The molecule has 3 N–H and O–H groups in total. The number of anilines is 1. The molecule has 0 bridgehead atoms. The van der Waals surface area contributed by atoms with Crippen molar-refractivity contribution in [3.8, 4) is 0 Å². The van der Waals surface area contributed by atoms with E-state index in [4.69, 9.17) is 0 Å². The van der Waals surface area contributed by atoms with Crippen LogP contribution in [0, 0.1) is 12.7 Å². The third-order valence-electron chi connectivity index (χ3n) is 4.09. The molecule has 1 amide bonds. The van der Waals surface area contributed by atoms with Gasteiger partial charge in [0.05, 0.1) is 5.69 Å². The monoisotopic (exact) mass is 318 g/mol. The number of nitrogens with zero attached hydrogens (tertiary/aromatic N) is 1. The molecule has 6 nitrogen and oxygen atoms in total. The molecule has 122 valence electrons. The van der Waals surface area contributed by atoms with Crippen LogP contribution in [0.3, 0.4) is 0 Å². The third-order valence-corrected chi connectivity index (χ3v) is 4.09. The lowest BCUT2D eigenvalue weighted by atomic mass is 10.0. The molecule has 2 heterocycles. The molecule has 0 spiro atoms. The van der Waals surface area contributed by atoms with Crippen molar-refractivity contribution in [1.29, 1.82) is 0 Å². The number of aromatic amines is 2. The second kappa shape index (κ2) is 6.28. The SMILES string of the molecule is Cc1[nH]c(=O)[nH]c1C(=O)NC1CCCN(c2ccccc2F)C1. The van der Waals surface area contributed by atoms with E-state index in [0.717, 1.165) is 19.4 Å². The summed E-state index contributed by atoms with van der Waals surface area (Å²) in [5.74, 6) is -0.577. The van der Waals surface area contributed by atoms with Crippen molar-refractivity contribution in [3.63, 3.8) is 0 Å². The molecule has 1 aliphatic rings. The zero-order chi connectivity index (χ0) is 16.4. The van der Waals surface area contributed by atoms with E-state index in [1.807, 2.05) is 4.90 Å². The number of H-pyrrole nitrogens is 2. The zero-order valence-electron chi connectivity index (χ0n) is 12.9. The Morgan fingerprint density at radius 2 is 2.13 bits per heavy atom. The Hall–Kier alpha value is -2.57. The first-order valence-corrected chi connectivity index (χ1v) is 7.64. The maximum atomic E-state index is 13.9. The van der Waals surface area contributed by atoms with E-state index in [2.05, 4.69) is 15.3 Å². The normalized spacial score (nSPS) is 18.0. The van der Waals surface area contributed by atoms with Crippen LogP contribution in [0.25, 0.3) is 0 Å². The Balaban J connectivity index is 1.69. The number of piperidine rings is 1. The summed E-state index contributed by atoms with van der Waals surface area (Å²) < 4.78 is 13.9. The van der Waals surface area contributed by atoms with Crippen LogP contribution in [0.2, 0.25) is 0 Å². The molecule has 1 aromatic heterocycles. The highest BCUT2D eigenvalue weighted by Crippen LogP contribution is 2.23. The van der Waals surface area contributed by atoms with Crippen molar-refractivity contribution in [1.82, 2.24) is 15.3 Å². The summed E-state index contributed by atoms with van der Waals surface area (Å²) in [4.78, 5) is 30.5. The summed E-state index contributed by atoms with van der Waals surface area (Å²) in [7, 11) is 0. The molecule has 1 fully saturated rings. The lowest BCUT2D eigenvalue weighted by Gasteiger charge is -2.34. The number of hydrogen-bond donors (Lipinski definition) is 3. The Bertz CT molecular complexity index is 767. The molecule has 0 aliphatic carbocycles. The van der Waals surface area contributed by atoms with E-state index in [1.54, 1.807) is 25.1 Å². The van der Waals surface area contributed by atoms with Gasteiger partial charge in [0, 0.05) is 24.8 Å². The summed E-state index contributed by atoms with van der Waals surface area (Å²) in [6.07, 6.45) is 1.69. The molecule has 7 heteroatoms. The van der Waals surface area contributed by atoms with Gasteiger partial charge in [0.1, 0.15) is 11.5 Å². The molecular formula is C16H19FN4O2. The lowest BCUT2D eigenvalue weighted by molar-refractivity contribution is 0.0928. The number of carbonyl (C=O) groups is 1. The summed E-state index contributed by atoms with van der Waals surface area (Å²) in [5.41, 5.74) is 0.911. The second-order valence-electron chi connectivity index (χ2n) is 5.79. The molecule has 1 aliphatic heterocycles. The van der Waals surface area contributed by atoms with E-state index in [1.165, 1.54) is 6.07 Å². The van der Waals surface area contributed by atoms with Gasteiger partial charge in [-0.15, -0.1) is 0 Å². The number of nitrogens with one attached hydrogen (secondary N) is 3. The van der Waals surface area contributed by atoms with Gasteiger partial charge in [-0.05, 0) is 31.9 Å². The minimum absolute atomic E-state index is 0.0892. The molecule has 1 saturated heterocycles. The van der Waals surface area contributed by atoms with Crippen molar-refractivity contribution < 1.29 is 9.18 Å². The van der Waals surface area contributed by atoms with Gasteiger partial charge in [-0.3, -0.25) is 4.79 Å². The average Bonchev–Trinajstić information content (AvgIpc) is 2.87. The highest BCUT2D eigenvalue weighted by molar-refractivity contribution is 5.93. The Morgan fingerprint density at radius 3 is 2.83 bits per heavy atom. The number of benzene rings is 1. The topological polar surface area (TPSA) is 81.0 Å². The summed E-state index contributed by atoms with van der Waals surface area (Å²) in [6, 6.07) is 6.55. The van der Waals surface area contributed by atoms with Crippen LogP contribution in [-0.4, -0.2) is 35.0 Å². The number of halogens is 1. The Morgan fingerprint density at radius 1 is 1.35 bits per heavy atom. The highest BCUT2D eigenvalue weighted by atomic mass is 19.1. The number of aromatic nitrogens is 2. The van der Waals surface area contributed by atoms with Crippen LogP contribution < -0.4 is 15.9 Å². The van der Waals surface area contributed by atoms with Crippen molar-refractivity contribution in [3.05, 3.63) is 52.0 Å².